The number of benzene rings is 2. The Balaban J connectivity index is 1.89. The minimum Gasteiger partial charge on any atom is -0.493 e. The van der Waals surface area contributed by atoms with Gasteiger partial charge in [0.2, 0.25) is 5.78 Å². The summed E-state index contributed by atoms with van der Waals surface area (Å²) in [5.74, 6) is 2.35. The first-order valence-electron chi connectivity index (χ1n) is 10.3. The van der Waals surface area contributed by atoms with Crippen molar-refractivity contribution in [3.05, 3.63) is 52.8 Å². The zero-order valence-electron chi connectivity index (χ0n) is 18.2. The smallest absolute Gasteiger partial charge is 0.262 e. The van der Waals surface area contributed by atoms with Gasteiger partial charge in [-0.25, -0.2) is 0 Å². The fourth-order valence-electron chi connectivity index (χ4n) is 3.66. The number of ether oxygens (including phenoxy) is 3. The molecule has 31 heavy (non-hydrogen) atoms. The summed E-state index contributed by atoms with van der Waals surface area (Å²) in [4.78, 5) is 13.2. The highest BCUT2D eigenvalue weighted by Gasteiger charge is 2.18. The van der Waals surface area contributed by atoms with Gasteiger partial charge in [-0.2, -0.15) is 0 Å². The second-order valence-corrected chi connectivity index (χ2v) is 7.48. The molecule has 4 aromatic rings. The first-order chi connectivity index (χ1) is 15.0. The average Bonchev–Trinajstić information content (AvgIpc) is 3.23. The van der Waals surface area contributed by atoms with E-state index in [0.717, 1.165) is 11.1 Å². The van der Waals surface area contributed by atoms with Gasteiger partial charge in [0.05, 0.1) is 31.2 Å². The molecule has 0 aliphatic carbocycles. The Morgan fingerprint density at radius 2 is 1.77 bits per heavy atom. The number of rotatable bonds is 8. The van der Waals surface area contributed by atoms with E-state index in [2.05, 4.69) is 10.2 Å². The van der Waals surface area contributed by atoms with Crippen molar-refractivity contribution in [2.24, 2.45) is 0 Å². The molecule has 2 heterocycles. The molecule has 0 unspecified atom stereocenters. The number of hydrogen-bond donors (Lipinski definition) is 0. The molecular formula is C23H26N4O4. The molecule has 8 nitrogen and oxygen atoms in total. The molecule has 2 aromatic heterocycles. The van der Waals surface area contributed by atoms with Gasteiger partial charge in [0, 0.05) is 18.7 Å². The molecule has 162 valence electrons. The van der Waals surface area contributed by atoms with Crippen LogP contribution in [0.2, 0.25) is 0 Å². The molecule has 0 aliphatic heterocycles. The lowest BCUT2D eigenvalue weighted by Crippen LogP contribution is -2.24. The third kappa shape index (κ3) is 3.86. The largest absolute Gasteiger partial charge is 0.493 e. The summed E-state index contributed by atoms with van der Waals surface area (Å²) in [6.07, 6.45) is 0.850. The maximum Gasteiger partial charge on any atom is 0.262 e. The third-order valence-electron chi connectivity index (χ3n) is 5.13. The zero-order valence-corrected chi connectivity index (χ0v) is 18.2. The van der Waals surface area contributed by atoms with Crippen LogP contribution in [0.3, 0.4) is 0 Å². The van der Waals surface area contributed by atoms with Crippen molar-refractivity contribution < 1.29 is 14.2 Å². The van der Waals surface area contributed by atoms with Gasteiger partial charge in [-0.3, -0.25) is 13.8 Å². The van der Waals surface area contributed by atoms with Gasteiger partial charge >= 0.3 is 0 Å². The van der Waals surface area contributed by atoms with E-state index in [1.54, 1.807) is 18.8 Å². The number of aromatic nitrogens is 4. The zero-order chi connectivity index (χ0) is 22.0. The summed E-state index contributed by atoms with van der Waals surface area (Å²) in [5, 5.41) is 9.42. The van der Waals surface area contributed by atoms with E-state index in [1.165, 1.54) is 0 Å². The molecule has 0 atom stereocenters. The Hall–Kier alpha value is -3.39. The van der Waals surface area contributed by atoms with Crippen LogP contribution in [0, 0.1) is 0 Å². The summed E-state index contributed by atoms with van der Waals surface area (Å²) in [5.41, 5.74) is 1.48. The molecule has 0 radical (unpaired) electrons. The van der Waals surface area contributed by atoms with Gasteiger partial charge < -0.3 is 14.2 Å². The van der Waals surface area contributed by atoms with Gasteiger partial charge in [0.1, 0.15) is 0 Å². The highest BCUT2D eigenvalue weighted by Crippen LogP contribution is 2.32. The molecule has 0 fully saturated rings. The quantitative estimate of drug-likeness (QED) is 0.404. The topological polar surface area (TPSA) is 79.9 Å². The fourth-order valence-corrected chi connectivity index (χ4v) is 3.66. The monoisotopic (exact) mass is 422 g/mol. The van der Waals surface area contributed by atoms with Gasteiger partial charge in [0.25, 0.3) is 5.56 Å². The second kappa shape index (κ2) is 8.77. The van der Waals surface area contributed by atoms with Crippen molar-refractivity contribution in [2.75, 3.05) is 20.8 Å². The van der Waals surface area contributed by atoms with Gasteiger partial charge in [0.15, 0.2) is 17.3 Å². The van der Waals surface area contributed by atoms with Crippen LogP contribution in [0.5, 0.6) is 11.5 Å². The van der Waals surface area contributed by atoms with E-state index in [1.807, 2.05) is 60.7 Å². The second-order valence-electron chi connectivity index (χ2n) is 7.48. The van der Waals surface area contributed by atoms with E-state index in [-0.39, 0.29) is 11.7 Å². The Kier molecular flexibility index (Phi) is 5.90. The Labute approximate surface area is 180 Å². The third-order valence-corrected chi connectivity index (χ3v) is 5.13. The number of aryl methyl sites for hydroxylation is 1. The lowest BCUT2D eigenvalue weighted by molar-refractivity contribution is 0.0748. The maximum absolute atomic E-state index is 13.2. The highest BCUT2D eigenvalue weighted by molar-refractivity contribution is 5.82. The fraction of sp³-hybridized carbons (Fsp3) is 0.348. The van der Waals surface area contributed by atoms with Crippen molar-refractivity contribution >= 4 is 16.7 Å². The Morgan fingerprint density at radius 1 is 1.00 bits per heavy atom. The van der Waals surface area contributed by atoms with E-state index in [4.69, 9.17) is 14.2 Å². The molecule has 0 saturated heterocycles. The van der Waals surface area contributed by atoms with E-state index in [0.29, 0.717) is 48.1 Å². The first kappa shape index (κ1) is 20.9. The predicted octanol–water partition coefficient (Wildman–Crippen LogP) is 3.54. The van der Waals surface area contributed by atoms with Gasteiger partial charge in [-0.05, 0) is 50.6 Å². The number of nitrogens with zero attached hydrogens (tertiary/aromatic N) is 4. The van der Waals surface area contributed by atoms with Crippen molar-refractivity contribution in [2.45, 2.75) is 32.9 Å². The van der Waals surface area contributed by atoms with Crippen molar-refractivity contribution in [3.63, 3.8) is 0 Å². The highest BCUT2D eigenvalue weighted by atomic mass is 16.5. The average molecular weight is 422 g/mol. The maximum atomic E-state index is 13.2. The standard InChI is InChI=1S/C23H26N4O4/c1-15(2)31-13-7-12-26-22(28)17-8-5-6-9-18(17)27-21(24-25-23(26)27)16-10-11-19(29-3)20(14-16)30-4/h5-6,8-11,14-15H,7,12-13H2,1-4H3. The van der Waals surface area contributed by atoms with Crippen molar-refractivity contribution in [1.82, 2.24) is 19.2 Å². The van der Waals surface area contributed by atoms with Crippen LogP contribution < -0.4 is 15.0 Å². The van der Waals surface area contributed by atoms with Gasteiger partial charge in [-0.15, -0.1) is 10.2 Å². The van der Waals surface area contributed by atoms with Crippen molar-refractivity contribution in [3.8, 4) is 22.9 Å². The summed E-state index contributed by atoms with van der Waals surface area (Å²) < 4.78 is 20.0. The normalized spacial score (nSPS) is 11.5. The molecule has 4 rings (SSSR count). The van der Waals surface area contributed by atoms with Crippen molar-refractivity contribution in [1.29, 1.82) is 0 Å². The first-order valence-corrected chi connectivity index (χ1v) is 10.3. The Bertz CT molecular complexity index is 1280. The van der Waals surface area contributed by atoms with Crippen LogP contribution in [0.25, 0.3) is 28.1 Å². The van der Waals surface area contributed by atoms with E-state index < -0.39 is 0 Å². The predicted molar refractivity (Wildman–Crippen MR) is 119 cm³/mol. The van der Waals surface area contributed by atoms with Gasteiger partial charge in [-0.1, -0.05) is 12.1 Å². The minimum absolute atomic E-state index is 0.0843. The summed E-state index contributed by atoms with van der Waals surface area (Å²) in [7, 11) is 3.19. The Morgan fingerprint density at radius 3 is 2.52 bits per heavy atom. The molecular weight excluding hydrogens is 396 g/mol. The molecule has 0 amide bonds. The molecule has 0 N–H and O–H groups in total. The number of methoxy groups -OCH3 is 2. The SMILES string of the molecule is COc1ccc(-c2nnc3n(CCCOC(C)C)c(=O)c4ccccc4n23)cc1OC. The minimum atomic E-state index is -0.0843. The molecule has 0 saturated carbocycles. The number of fused-ring (bicyclic) bond motifs is 3. The molecule has 0 spiro atoms. The summed E-state index contributed by atoms with van der Waals surface area (Å²) in [6, 6.07) is 13.1. The lowest BCUT2D eigenvalue weighted by atomic mass is 10.1. The van der Waals surface area contributed by atoms with Crippen LogP contribution in [0.4, 0.5) is 0 Å². The molecule has 0 aliphatic rings. The van der Waals surface area contributed by atoms with E-state index in [9.17, 15) is 4.79 Å². The van der Waals surface area contributed by atoms with Crippen LogP contribution >= 0.6 is 0 Å². The van der Waals surface area contributed by atoms with Crippen LogP contribution in [0.1, 0.15) is 20.3 Å². The summed E-state index contributed by atoms with van der Waals surface area (Å²) >= 11 is 0. The van der Waals surface area contributed by atoms with Crippen LogP contribution in [-0.2, 0) is 11.3 Å². The lowest BCUT2D eigenvalue weighted by Gasteiger charge is -2.13. The summed E-state index contributed by atoms with van der Waals surface area (Å²) in [6.45, 7) is 5.05. The number of hydrogen-bond acceptors (Lipinski definition) is 6. The van der Waals surface area contributed by atoms with Crippen LogP contribution in [0.15, 0.2) is 47.3 Å². The van der Waals surface area contributed by atoms with E-state index >= 15 is 0 Å². The number of para-hydroxylation sites is 1. The molecule has 8 heteroatoms. The molecule has 0 bridgehead atoms. The van der Waals surface area contributed by atoms with Crippen LogP contribution in [-0.4, -0.2) is 46.1 Å². The molecule has 2 aromatic carbocycles.